The first-order chi connectivity index (χ1) is 9.19. The van der Waals surface area contributed by atoms with Crippen LogP contribution in [0.15, 0.2) is 24.3 Å². The first-order valence-corrected chi connectivity index (χ1v) is 6.99. The smallest absolute Gasteiger partial charge is 0.238 e. The van der Waals surface area contributed by atoms with Crippen LogP contribution in [0.1, 0.15) is 24.8 Å². The average Bonchev–Trinajstić information content (AvgIpc) is 2.30. The molecule has 1 amide bonds. The molecule has 0 saturated heterocycles. The number of aryl methyl sites for hydroxylation is 1. The maximum absolute atomic E-state index is 12.0. The maximum Gasteiger partial charge on any atom is 0.238 e. The lowest BCUT2D eigenvalue weighted by molar-refractivity contribution is -0.118. The SMILES string of the molecule is Cc1ccc(NC(=O)CN(CCN)C2CCC2)cc1. The van der Waals surface area contributed by atoms with Gasteiger partial charge in [0.2, 0.25) is 5.91 Å². The van der Waals surface area contributed by atoms with E-state index < -0.39 is 0 Å². The van der Waals surface area contributed by atoms with Crippen LogP contribution < -0.4 is 11.1 Å². The van der Waals surface area contributed by atoms with Gasteiger partial charge in [0, 0.05) is 24.8 Å². The number of nitrogens with one attached hydrogen (secondary N) is 1. The summed E-state index contributed by atoms with van der Waals surface area (Å²) in [4.78, 5) is 14.2. The van der Waals surface area contributed by atoms with Crippen LogP contribution in [0, 0.1) is 6.92 Å². The highest BCUT2D eigenvalue weighted by Crippen LogP contribution is 2.24. The molecule has 2 rings (SSSR count). The van der Waals surface area contributed by atoms with Crippen molar-refractivity contribution in [1.29, 1.82) is 0 Å². The van der Waals surface area contributed by atoms with Gasteiger partial charge in [0.1, 0.15) is 0 Å². The number of hydrogen-bond donors (Lipinski definition) is 2. The fraction of sp³-hybridized carbons (Fsp3) is 0.533. The van der Waals surface area contributed by atoms with Gasteiger partial charge in [-0.25, -0.2) is 0 Å². The minimum Gasteiger partial charge on any atom is -0.329 e. The average molecular weight is 261 g/mol. The third-order valence-electron chi connectivity index (χ3n) is 3.69. The number of nitrogens with two attached hydrogens (primary N) is 1. The molecule has 0 radical (unpaired) electrons. The lowest BCUT2D eigenvalue weighted by Gasteiger charge is -2.36. The monoisotopic (exact) mass is 261 g/mol. The van der Waals surface area contributed by atoms with E-state index in [-0.39, 0.29) is 5.91 Å². The molecule has 0 aliphatic heterocycles. The van der Waals surface area contributed by atoms with E-state index in [2.05, 4.69) is 10.2 Å². The van der Waals surface area contributed by atoms with E-state index in [9.17, 15) is 4.79 Å². The predicted octanol–water partition coefficient (Wildman–Crippen LogP) is 1.75. The third-order valence-corrected chi connectivity index (χ3v) is 3.69. The van der Waals surface area contributed by atoms with Gasteiger partial charge in [0.25, 0.3) is 0 Å². The third kappa shape index (κ3) is 4.04. The van der Waals surface area contributed by atoms with Gasteiger partial charge in [0.05, 0.1) is 6.54 Å². The van der Waals surface area contributed by atoms with Gasteiger partial charge < -0.3 is 11.1 Å². The number of hydrogen-bond acceptors (Lipinski definition) is 3. The van der Waals surface area contributed by atoms with E-state index in [0.29, 0.717) is 19.1 Å². The summed E-state index contributed by atoms with van der Waals surface area (Å²) in [5.41, 5.74) is 7.67. The molecule has 4 heteroatoms. The van der Waals surface area contributed by atoms with Crippen LogP contribution in [0.2, 0.25) is 0 Å². The second-order valence-electron chi connectivity index (χ2n) is 5.26. The van der Waals surface area contributed by atoms with Crippen molar-refractivity contribution in [3.8, 4) is 0 Å². The van der Waals surface area contributed by atoms with Crippen LogP contribution in [-0.4, -0.2) is 36.5 Å². The summed E-state index contributed by atoms with van der Waals surface area (Å²) in [6.45, 7) is 3.88. The van der Waals surface area contributed by atoms with E-state index in [1.807, 2.05) is 31.2 Å². The highest BCUT2D eigenvalue weighted by Gasteiger charge is 2.25. The minimum atomic E-state index is 0.0456. The van der Waals surface area contributed by atoms with Crippen LogP contribution in [0.3, 0.4) is 0 Å². The Labute approximate surface area is 115 Å². The molecule has 0 spiro atoms. The normalized spacial score (nSPS) is 15.3. The Kier molecular flexibility index (Phi) is 4.93. The molecule has 1 fully saturated rings. The van der Waals surface area contributed by atoms with Gasteiger partial charge in [-0.15, -0.1) is 0 Å². The Balaban J connectivity index is 1.86. The van der Waals surface area contributed by atoms with Crippen molar-refractivity contribution in [2.24, 2.45) is 5.73 Å². The van der Waals surface area contributed by atoms with E-state index in [0.717, 1.165) is 12.2 Å². The van der Waals surface area contributed by atoms with Crippen LogP contribution in [0.25, 0.3) is 0 Å². The molecular weight excluding hydrogens is 238 g/mol. The van der Waals surface area contributed by atoms with Gasteiger partial charge in [-0.2, -0.15) is 0 Å². The number of amides is 1. The standard InChI is InChI=1S/C15H23N3O/c1-12-5-7-13(8-6-12)17-15(19)11-18(10-9-16)14-3-2-4-14/h5-8,14H,2-4,9-11,16H2,1H3,(H,17,19). The molecule has 0 unspecified atom stereocenters. The van der Waals surface area contributed by atoms with Gasteiger partial charge in [-0.1, -0.05) is 24.1 Å². The second-order valence-corrected chi connectivity index (χ2v) is 5.26. The number of benzene rings is 1. The summed E-state index contributed by atoms with van der Waals surface area (Å²) in [6, 6.07) is 8.42. The van der Waals surface area contributed by atoms with Crippen LogP contribution >= 0.6 is 0 Å². The zero-order valence-corrected chi connectivity index (χ0v) is 11.6. The predicted molar refractivity (Wildman–Crippen MR) is 78.1 cm³/mol. The summed E-state index contributed by atoms with van der Waals surface area (Å²) in [5.74, 6) is 0.0456. The summed E-state index contributed by atoms with van der Waals surface area (Å²) in [7, 11) is 0. The molecule has 4 nitrogen and oxygen atoms in total. The summed E-state index contributed by atoms with van der Waals surface area (Å²) in [6.07, 6.45) is 3.65. The Morgan fingerprint density at radius 2 is 2.05 bits per heavy atom. The fourth-order valence-corrected chi connectivity index (χ4v) is 2.33. The molecule has 0 heterocycles. The van der Waals surface area contributed by atoms with Gasteiger partial charge in [-0.3, -0.25) is 9.69 Å². The molecule has 104 valence electrons. The van der Waals surface area contributed by atoms with Crippen LogP contribution in [0.5, 0.6) is 0 Å². The molecule has 1 aromatic rings. The van der Waals surface area contributed by atoms with Crippen molar-refractivity contribution in [1.82, 2.24) is 4.90 Å². The van der Waals surface area contributed by atoms with E-state index in [4.69, 9.17) is 5.73 Å². The zero-order chi connectivity index (χ0) is 13.7. The second kappa shape index (κ2) is 6.68. The maximum atomic E-state index is 12.0. The first kappa shape index (κ1) is 14.0. The number of anilines is 1. The van der Waals surface area contributed by atoms with Gasteiger partial charge in [0.15, 0.2) is 0 Å². The number of carbonyl (C=O) groups is 1. The number of rotatable bonds is 6. The van der Waals surface area contributed by atoms with Crippen molar-refractivity contribution < 1.29 is 4.79 Å². The summed E-state index contributed by atoms with van der Waals surface area (Å²) < 4.78 is 0. The molecule has 0 atom stereocenters. The van der Waals surface area contributed by atoms with Crippen LogP contribution in [-0.2, 0) is 4.79 Å². The van der Waals surface area contributed by atoms with Gasteiger partial charge >= 0.3 is 0 Å². The minimum absolute atomic E-state index is 0.0456. The van der Waals surface area contributed by atoms with Crippen LogP contribution in [0.4, 0.5) is 5.69 Å². The number of carbonyl (C=O) groups excluding carboxylic acids is 1. The summed E-state index contributed by atoms with van der Waals surface area (Å²) >= 11 is 0. The Bertz CT molecular complexity index is 412. The van der Waals surface area contributed by atoms with Crippen molar-refractivity contribution in [3.63, 3.8) is 0 Å². The highest BCUT2D eigenvalue weighted by molar-refractivity contribution is 5.92. The molecule has 1 aliphatic carbocycles. The van der Waals surface area contributed by atoms with Crippen molar-refractivity contribution >= 4 is 11.6 Å². The lowest BCUT2D eigenvalue weighted by Crippen LogP contribution is -2.46. The van der Waals surface area contributed by atoms with Crippen molar-refractivity contribution in [2.45, 2.75) is 32.2 Å². The van der Waals surface area contributed by atoms with E-state index in [1.165, 1.54) is 24.8 Å². The fourth-order valence-electron chi connectivity index (χ4n) is 2.33. The van der Waals surface area contributed by atoms with Crippen molar-refractivity contribution in [2.75, 3.05) is 25.0 Å². The largest absolute Gasteiger partial charge is 0.329 e. The summed E-state index contributed by atoms with van der Waals surface area (Å²) in [5, 5.41) is 2.94. The van der Waals surface area contributed by atoms with Gasteiger partial charge in [-0.05, 0) is 31.9 Å². The first-order valence-electron chi connectivity index (χ1n) is 6.99. The Morgan fingerprint density at radius 1 is 1.37 bits per heavy atom. The van der Waals surface area contributed by atoms with E-state index in [1.54, 1.807) is 0 Å². The molecule has 1 aliphatic rings. The highest BCUT2D eigenvalue weighted by atomic mass is 16.2. The Morgan fingerprint density at radius 3 is 2.58 bits per heavy atom. The molecular formula is C15H23N3O. The molecule has 0 bridgehead atoms. The molecule has 1 saturated carbocycles. The molecule has 19 heavy (non-hydrogen) atoms. The van der Waals surface area contributed by atoms with E-state index >= 15 is 0 Å². The molecule has 3 N–H and O–H groups in total. The topological polar surface area (TPSA) is 58.4 Å². The lowest BCUT2D eigenvalue weighted by atomic mass is 9.91. The zero-order valence-electron chi connectivity index (χ0n) is 11.6. The Hall–Kier alpha value is -1.39. The molecule has 0 aromatic heterocycles. The molecule has 1 aromatic carbocycles. The van der Waals surface area contributed by atoms with Crippen molar-refractivity contribution in [3.05, 3.63) is 29.8 Å². The quantitative estimate of drug-likeness (QED) is 0.820. The number of nitrogens with zero attached hydrogens (tertiary/aromatic N) is 1.